The van der Waals surface area contributed by atoms with E-state index in [1.165, 1.54) is 0 Å². The number of hydrogen-bond donors (Lipinski definition) is 0. The van der Waals surface area contributed by atoms with Crippen LogP contribution in [0.4, 0.5) is 0 Å². The van der Waals surface area contributed by atoms with Gasteiger partial charge in [0.2, 0.25) is 5.90 Å². The molecule has 0 amide bonds. The van der Waals surface area contributed by atoms with Crippen LogP contribution in [0.3, 0.4) is 0 Å². The SMILES string of the molecule is CCC1(C)ON=C(C)O1. The van der Waals surface area contributed by atoms with E-state index in [-0.39, 0.29) is 0 Å². The van der Waals surface area contributed by atoms with Crippen molar-refractivity contribution in [3.63, 3.8) is 0 Å². The molecule has 3 heteroatoms. The van der Waals surface area contributed by atoms with Crippen LogP contribution in [0.15, 0.2) is 5.16 Å². The van der Waals surface area contributed by atoms with Gasteiger partial charge in [0, 0.05) is 20.3 Å². The van der Waals surface area contributed by atoms with E-state index < -0.39 is 5.79 Å². The van der Waals surface area contributed by atoms with Gasteiger partial charge in [0.25, 0.3) is 5.79 Å². The second kappa shape index (κ2) is 1.90. The Balaban J connectivity index is 2.53. The quantitative estimate of drug-likeness (QED) is 0.537. The first-order valence-corrected chi connectivity index (χ1v) is 3.08. The van der Waals surface area contributed by atoms with E-state index >= 15 is 0 Å². The summed E-state index contributed by atoms with van der Waals surface area (Å²) in [5.41, 5.74) is 0. The molecule has 0 bridgehead atoms. The Morgan fingerprint density at radius 1 is 1.67 bits per heavy atom. The van der Waals surface area contributed by atoms with Crippen molar-refractivity contribution in [1.29, 1.82) is 0 Å². The lowest BCUT2D eigenvalue weighted by Crippen LogP contribution is -2.25. The lowest BCUT2D eigenvalue weighted by atomic mass is 10.2. The second-order valence-electron chi connectivity index (χ2n) is 2.29. The van der Waals surface area contributed by atoms with Gasteiger partial charge in [-0.25, -0.2) is 0 Å². The zero-order valence-electron chi connectivity index (χ0n) is 5.97. The van der Waals surface area contributed by atoms with Gasteiger partial charge in [0.05, 0.1) is 0 Å². The van der Waals surface area contributed by atoms with Crippen molar-refractivity contribution in [2.24, 2.45) is 5.16 Å². The zero-order valence-corrected chi connectivity index (χ0v) is 5.97. The molecule has 0 aromatic carbocycles. The van der Waals surface area contributed by atoms with Crippen molar-refractivity contribution < 1.29 is 9.57 Å². The second-order valence-corrected chi connectivity index (χ2v) is 2.29. The van der Waals surface area contributed by atoms with Gasteiger partial charge in [-0.3, -0.25) is 0 Å². The van der Waals surface area contributed by atoms with Gasteiger partial charge in [-0.05, 0) is 5.16 Å². The molecule has 0 saturated heterocycles. The Kier molecular flexibility index (Phi) is 1.35. The fraction of sp³-hybridized carbons (Fsp3) is 0.833. The largest absolute Gasteiger partial charge is 0.434 e. The molecule has 0 saturated carbocycles. The van der Waals surface area contributed by atoms with Gasteiger partial charge >= 0.3 is 0 Å². The first-order chi connectivity index (χ1) is 4.16. The van der Waals surface area contributed by atoms with Crippen LogP contribution in [0, 0.1) is 0 Å². The summed E-state index contributed by atoms with van der Waals surface area (Å²) >= 11 is 0. The molecule has 0 fully saturated rings. The first kappa shape index (κ1) is 6.39. The van der Waals surface area contributed by atoms with Gasteiger partial charge in [-0.2, -0.15) is 0 Å². The fourth-order valence-electron chi connectivity index (χ4n) is 0.647. The van der Waals surface area contributed by atoms with Gasteiger partial charge < -0.3 is 9.57 Å². The van der Waals surface area contributed by atoms with Crippen LogP contribution in [-0.2, 0) is 9.57 Å². The summed E-state index contributed by atoms with van der Waals surface area (Å²) < 4.78 is 5.23. The normalized spacial score (nSPS) is 33.0. The lowest BCUT2D eigenvalue weighted by molar-refractivity contribution is -0.146. The Hall–Kier alpha value is -0.730. The van der Waals surface area contributed by atoms with Crippen molar-refractivity contribution >= 4 is 5.90 Å². The maximum Gasteiger partial charge on any atom is 0.273 e. The summed E-state index contributed by atoms with van der Waals surface area (Å²) in [5.74, 6) is 0.115. The number of ether oxygens (including phenoxy) is 1. The van der Waals surface area contributed by atoms with Crippen molar-refractivity contribution in [2.45, 2.75) is 33.0 Å². The number of oxime groups is 1. The standard InChI is InChI=1S/C6H11NO2/c1-4-6(3)8-5(2)7-9-6/h4H2,1-3H3. The van der Waals surface area contributed by atoms with E-state index in [1.54, 1.807) is 6.92 Å². The summed E-state index contributed by atoms with van der Waals surface area (Å²) in [7, 11) is 0. The molecule has 0 aromatic heterocycles. The molecule has 1 heterocycles. The minimum Gasteiger partial charge on any atom is -0.434 e. The highest BCUT2D eigenvalue weighted by Gasteiger charge is 2.31. The van der Waals surface area contributed by atoms with Gasteiger partial charge in [0.15, 0.2) is 0 Å². The molecule has 3 nitrogen and oxygen atoms in total. The maximum absolute atomic E-state index is 5.23. The van der Waals surface area contributed by atoms with E-state index in [9.17, 15) is 0 Å². The molecule has 9 heavy (non-hydrogen) atoms. The molecule has 0 aliphatic carbocycles. The lowest BCUT2D eigenvalue weighted by Gasteiger charge is -2.17. The predicted molar refractivity (Wildman–Crippen MR) is 34.0 cm³/mol. The van der Waals surface area contributed by atoms with Crippen molar-refractivity contribution in [3.8, 4) is 0 Å². The molecular weight excluding hydrogens is 118 g/mol. The van der Waals surface area contributed by atoms with E-state index in [0.717, 1.165) is 6.42 Å². The average Bonchev–Trinajstić information content (AvgIpc) is 2.13. The molecule has 1 unspecified atom stereocenters. The summed E-state index contributed by atoms with van der Waals surface area (Å²) in [6.07, 6.45) is 0.813. The monoisotopic (exact) mass is 129 g/mol. The van der Waals surface area contributed by atoms with Crippen LogP contribution in [0.5, 0.6) is 0 Å². The Bertz CT molecular complexity index is 144. The molecular formula is C6H11NO2. The van der Waals surface area contributed by atoms with Crippen LogP contribution < -0.4 is 0 Å². The molecule has 1 atom stereocenters. The van der Waals surface area contributed by atoms with Crippen molar-refractivity contribution in [2.75, 3.05) is 0 Å². The van der Waals surface area contributed by atoms with Crippen LogP contribution >= 0.6 is 0 Å². The molecule has 1 aliphatic rings. The number of rotatable bonds is 1. The van der Waals surface area contributed by atoms with Gasteiger partial charge in [-0.15, -0.1) is 0 Å². The van der Waals surface area contributed by atoms with Crippen LogP contribution in [-0.4, -0.2) is 11.7 Å². The highest BCUT2D eigenvalue weighted by molar-refractivity contribution is 5.73. The molecule has 0 spiro atoms. The molecule has 1 rings (SSSR count). The summed E-state index contributed by atoms with van der Waals surface area (Å²) in [5, 5.41) is 3.65. The third-order valence-corrected chi connectivity index (χ3v) is 1.37. The molecule has 0 N–H and O–H groups in total. The smallest absolute Gasteiger partial charge is 0.273 e. The summed E-state index contributed by atoms with van der Waals surface area (Å²) in [6, 6.07) is 0. The minimum atomic E-state index is -0.496. The summed E-state index contributed by atoms with van der Waals surface area (Å²) in [6.45, 7) is 5.64. The average molecular weight is 129 g/mol. The van der Waals surface area contributed by atoms with E-state index in [0.29, 0.717) is 5.90 Å². The molecule has 52 valence electrons. The van der Waals surface area contributed by atoms with Crippen LogP contribution in [0.25, 0.3) is 0 Å². The van der Waals surface area contributed by atoms with E-state index in [1.807, 2.05) is 13.8 Å². The fourth-order valence-corrected chi connectivity index (χ4v) is 0.647. The topological polar surface area (TPSA) is 30.8 Å². The van der Waals surface area contributed by atoms with Gasteiger partial charge in [0.1, 0.15) is 0 Å². The Morgan fingerprint density at radius 3 is 2.56 bits per heavy atom. The van der Waals surface area contributed by atoms with Crippen molar-refractivity contribution in [3.05, 3.63) is 0 Å². The van der Waals surface area contributed by atoms with Crippen LogP contribution in [0.1, 0.15) is 27.2 Å². The minimum absolute atomic E-state index is 0.496. The van der Waals surface area contributed by atoms with E-state index in [4.69, 9.17) is 9.57 Å². The van der Waals surface area contributed by atoms with Crippen molar-refractivity contribution in [1.82, 2.24) is 0 Å². The summed E-state index contributed by atoms with van der Waals surface area (Å²) in [4.78, 5) is 4.97. The number of hydrogen-bond acceptors (Lipinski definition) is 3. The number of nitrogens with zero attached hydrogens (tertiary/aromatic N) is 1. The van der Waals surface area contributed by atoms with Crippen LogP contribution in [0.2, 0.25) is 0 Å². The molecule has 0 aromatic rings. The molecule has 0 radical (unpaired) electrons. The third-order valence-electron chi connectivity index (χ3n) is 1.37. The van der Waals surface area contributed by atoms with E-state index in [2.05, 4.69) is 5.16 Å². The molecule has 1 aliphatic heterocycles. The third kappa shape index (κ3) is 1.15. The maximum atomic E-state index is 5.23. The predicted octanol–water partition coefficient (Wildman–Crippen LogP) is 1.49. The Morgan fingerprint density at radius 2 is 2.33 bits per heavy atom. The first-order valence-electron chi connectivity index (χ1n) is 3.08. The highest BCUT2D eigenvalue weighted by atomic mass is 16.8. The van der Waals surface area contributed by atoms with Gasteiger partial charge in [-0.1, -0.05) is 6.92 Å². The zero-order chi connectivity index (χ0) is 6.91. The highest BCUT2D eigenvalue weighted by Crippen LogP contribution is 2.22. The Labute approximate surface area is 54.6 Å².